The molecular weight excluding hydrogens is 136 g/mol. The maximum Gasteiger partial charge on any atom is 0.0937 e. The Balaban J connectivity index is 3.73. The molecule has 0 rings (SSSR count). The fraction of sp³-hybridized carbons (Fsp3) is 0.889. The van der Waals surface area contributed by atoms with Crippen LogP contribution in [0, 0.1) is 5.41 Å². The normalized spacial score (nSPS) is 13.6. The minimum absolute atomic E-state index is 0.262. The van der Waals surface area contributed by atoms with E-state index in [2.05, 4.69) is 32.7 Å². The largest absolute Gasteiger partial charge is 0.387 e. The maximum atomic E-state index is 5.64. The first-order valence-corrected chi connectivity index (χ1v) is 4.24. The van der Waals surface area contributed by atoms with Gasteiger partial charge < -0.3 is 5.73 Å². The molecule has 0 radical (unpaired) electrons. The van der Waals surface area contributed by atoms with E-state index < -0.39 is 0 Å². The molecule has 0 heterocycles. The van der Waals surface area contributed by atoms with Crippen molar-refractivity contribution in [1.82, 2.24) is 0 Å². The van der Waals surface area contributed by atoms with E-state index >= 15 is 0 Å². The average Bonchev–Trinajstić information content (AvgIpc) is 1.83. The Morgan fingerprint density at radius 3 is 2.27 bits per heavy atom. The van der Waals surface area contributed by atoms with Gasteiger partial charge in [0.05, 0.1) is 5.84 Å². The van der Waals surface area contributed by atoms with Gasteiger partial charge in [-0.1, -0.05) is 27.7 Å². The van der Waals surface area contributed by atoms with Crippen LogP contribution >= 0.6 is 0 Å². The SMILES string of the molecule is CCCC(N)=NCC(C)(C)C. The molecule has 0 fully saturated rings. The fourth-order valence-corrected chi connectivity index (χ4v) is 0.674. The van der Waals surface area contributed by atoms with Crippen LogP contribution in [0.25, 0.3) is 0 Å². The van der Waals surface area contributed by atoms with E-state index in [9.17, 15) is 0 Å². The summed E-state index contributed by atoms with van der Waals surface area (Å²) in [7, 11) is 0. The van der Waals surface area contributed by atoms with Crippen LogP contribution in [-0.4, -0.2) is 12.4 Å². The van der Waals surface area contributed by atoms with Crippen molar-refractivity contribution in [2.45, 2.75) is 40.5 Å². The molecule has 0 aromatic rings. The lowest BCUT2D eigenvalue weighted by Gasteiger charge is -2.14. The lowest BCUT2D eigenvalue weighted by molar-refractivity contribution is 0.429. The molecule has 0 aliphatic rings. The molecule has 0 spiro atoms. The summed E-state index contributed by atoms with van der Waals surface area (Å²) in [6, 6.07) is 0. The fourth-order valence-electron chi connectivity index (χ4n) is 0.674. The number of nitrogens with two attached hydrogens (primary N) is 1. The average molecular weight is 156 g/mol. The highest BCUT2D eigenvalue weighted by molar-refractivity contribution is 5.80. The zero-order chi connectivity index (χ0) is 8.91. The molecule has 2 heteroatoms. The topological polar surface area (TPSA) is 38.4 Å². The molecule has 11 heavy (non-hydrogen) atoms. The van der Waals surface area contributed by atoms with Crippen molar-refractivity contribution in [3.05, 3.63) is 0 Å². The van der Waals surface area contributed by atoms with Crippen molar-refractivity contribution in [2.75, 3.05) is 6.54 Å². The second-order valence-corrected chi connectivity index (χ2v) is 4.12. The Kier molecular flexibility index (Phi) is 4.16. The first kappa shape index (κ1) is 10.5. The highest BCUT2D eigenvalue weighted by Crippen LogP contribution is 2.12. The van der Waals surface area contributed by atoms with E-state index in [0.717, 1.165) is 25.2 Å². The molecule has 0 unspecified atom stereocenters. The summed E-state index contributed by atoms with van der Waals surface area (Å²) in [6.45, 7) is 9.43. The monoisotopic (exact) mass is 156 g/mol. The second-order valence-electron chi connectivity index (χ2n) is 4.12. The van der Waals surface area contributed by atoms with Gasteiger partial charge in [-0.25, -0.2) is 0 Å². The Hall–Kier alpha value is -0.530. The summed E-state index contributed by atoms with van der Waals surface area (Å²) in [4.78, 5) is 4.28. The van der Waals surface area contributed by atoms with Crippen LogP contribution in [0.3, 0.4) is 0 Å². The van der Waals surface area contributed by atoms with Crippen LogP contribution in [0.4, 0.5) is 0 Å². The first-order chi connectivity index (χ1) is 4.95. The summed E-state index contributed by atoms with van der Waals surface area (Å²) in [6.07, 6.45) is 2.01. The van der Waals surface area contributed by atoms with Gasteiger partial charge in [0.2, 0.25) is 0 Å². The summed E-state index contributed by atoms with van der Waals surface area (Å²) in [5.74, 6) is 0.794. The number of amidine groups is 1. The third-order valence-corrected chi connectivity index (χ3v) is 1.26. The Bertz CT molecular complexity index is 131. The number of aliphatic imine (C=N–C) groups is 1. The summed E-state index contributed by atoms with van der Waals surface area (Å²) < 4.78 is 0. The van der Waals surface area contributed by atoms with E-state index in [0.29, 0.717) is 0 Å². The van der Waals surface area contributed by atoms with Crippen molar-refractivity contribution >= 4 is 5.84 Å². The molecule has 66 valence electrons. The van der Waals surface area contributed by atoms with Crippen LogP contribution in [-0.2, 0) is 0 Å². The van der Waals surface area contributed by atoms with Crippen LogP contribution in [0.1, 0.15) is 40.5 Å². The Morgan fingerprint density at radius 1 is 1.36 bits per heavy atom. The van der Waals surface area contributed by atoms with Crippen LogP contribution in [0.5, 0.6) is 0 Å². The first-order valence-electron chi connectivity index (χ1n) is 4.24. The van der Waals surface area contributed by atoms with Crippen LogP contribution in [0.2, 0.25) is 0 Å². The van der Waals surface area contributed by atoms with Crippen molar-refractivity contribution in [1.29, 1.82) is 0 Å². The lowest BCUT2D eigenvalue weighted by atomic mass is 9.97. The number of hydrogen-bond acceptors (Lipinski definition) is 1. The molecule has 0 aromatic heterocycles. The van der Waals surface area contributed by atoms with Gasteiger partial charge in [-0.15, -0.1) is 0 Å². The molecule has 0 atom stereocenters. The molecule has 0 saturated carbocycles. The van der Waals surface area contributed by atoms with Crippen molar-refractivity contribution in [3.63, 3.8) is 0 Å². The zero-order valence-corrected chi connectivity index (χ0v) is 8.15. The molecule has 0 aliphatic heterocycles. The maximum absolute atomic E-state index is 5.64. The highest BCUT2D eigenvalue weighted by atomic mass is 14.9. The zero-order valence-electron chi connectivity index (χ0n) is 8.15. The molecule has 0 saturated heterocycles. The van der Waals surface area contributed by atoms with Gasteiger partial charge >= 0.3 is 0 Å². The van der Waals surface area contributed by atoms with E-state index in [1.54, 1.807) is 0 Å². The number of nitrogens with zero attached hydrogens (tertiary/aromatic N) is 1. The molecule has 0 aromatic carbocycles. The molecule has 0 aliphatic carbocycles. The smallest absolute Gasteiger partial charge is 0.0937 e. The Morgan fingerprint density at radius 2 is 1.91 bits per heavy atom. The highest BCUT2D eigenvalue weighted by Gasteiger charge is 2.08. The minimum atomic E-state index is 0.262. The third kappa shape index (κ3) is 7.37. The van der Waals surface area contributed by atoms with Gasteiger partial charge in [0, 0.05) is 13.0 Å². The van der Waals surface area contributed by atoms with Gasteiger partial charge in [-0.3, -0.25) is 4.99 Å². The van der Waals surface area contributed by atoms with Crippen LogP contribution < -0.4 is 5.73 Å². The second kappa shape index (κ2) is 4.37. The van der Waals surface area contributed by atoms with Crippen LogP contribution in [0.15, 0.2) is 4.99 Å². The molecule has 0 bridgehead atoms. The summed E-state index contributed by atoms with van der Waals surface area (Å²) in [5, 5.41) is 0. The standard InChI is InChI=1S/C9H20N2/c1-5-6-8(10)11-7-9(2,3)4/h5-7H2,1-4H3,(H2,10,11). The van der Waals surface area contributed by atoms with Gasteiger partial charge in [0.15, 0.2) is 0 Å². The van der Waals surface area contributed by atoms with Gasteiger partial charge in [-0.05, 0) is 11.8 Å². The third-order valence-electron chi connectivity index (χ3n) is 1.26. The minimum Gasteiger partial charge on any atom is -0.387 e. The van der Waals surface area contributed by atoms with E-state index in [-0.39, 0.29) is 5.41 Å². The molecular formula is C9H20N2. The number of hydrogen-bond donors (Lipinski definition) is 1. The predicted molar refractivity (Wildman–Crippen MR) is 50.9 cm³/mol. The predicted octanol–water partition coefficient (Wildman–Crippen LogP) is 2.19. The van der Waals surface area contributed by atoms with E-state index in [1.165, 1.54) is 0 Å². The van der Waals surface area contributed by atoms with Crippen molar-refractivity contribution in [3.8, 4) is 0 Å². The van der Waals surface area contributed by atoms with Crippen molar-refractivity contribution in [2.24, 2.45) is 16.1 Å². The van der Waals surface area contributed by atoms with Crippen molar-refractivity contribution < 1.29 is 0 Å². The molecule has 2 nitrogen and oxygen atoms in total. The lowest BCUT2D eigenvalue weighted by Crippen LogP contribution is -2.16. The molecule has 0 amide bonds. The Labute approximate surface area is 69.9 Å². The van der Waals surface area contributed by atoms with Gasteiger partial charge in [0.1, 0.15) is 0 Å². The van der Waals surface area contributed by atoms with Gasteiger partial charge in [-0.2, -0.15) is 0 Å². The van der Waals surface area contributed by atoms with Gasteiger partial charge in [0.25, 0.3) is 0 Å². The molecule has 2 N–H and O–H groups in total. The quantitative estimate of drug-likeness (QED) is 0.493. The number of rotatable bonds is 3. The summed E-state index contributed by atoms with van der Waals surface area (Å²) >= 11 is 0. The van der Waals surface area contributed by atoms with E-state index in [4.69, 9.17) is 5.73 Å². The van der Waals surface area contributed by atoms with E-state index in [1.807, 2.05) is 0 Å². The summed E-state index contributed by atoms with van der Waals surface area (Å²) in [5.41, 5.74) is 5.90.